The van der Waals surface area contributed by atoms with Gasteiger partial charge in [0.1, 0.15) is 5.75 Å². The number of amides is 1. The summed E-state index contributed by atoms with van der Waals surface area (Å²) in [5.74, 6) is 1.67. The molecule has 1 saturated heterocycles. The lowest BCUT2D eigenvalue weighted by Gasteiger charge is -2.22. The van der Waals surface area contributed by atoms with E-state index in [-0.39, 0.29) is 5.91 Å². The van der Waals surface area contributed by atoms with E-state index < -0.39 is 0 Å². The number of methoxy groups -OCH3 is 1. The van der Waals surface area contributed by atoms with E-state index in [2.05, 4.69) is 14.9 Å². The minimum absolute atomic E-state index is 0.0363. The van der Waals surface area contributed by atoms with Crippen LogP contribution in [0.3, 0.4) is 0 Å². The molecule has 158 valence electrons. The summed E-state index contributed by atoms with van der Waals surface area (Å²) in [6.07, 6.45) is 0.889. The third-order valence-electron chi connectivity index (χ3n) is 5.91. The van der Waals surface area contributed by atoms with Crippen molar-refractivity contribution in [3.63, 3.8) is 0 Å². The number of para-hydroxylation sites is 2. The predicted octanol–water partition coefficient (Wildman–Crippen LogP) is 3.78. The van der Waals surface area contributed by atoms with Crippen molar-refractivity contribution in [3.05, 3.63) is 59.8 Å². The predicted molar refractivity (Wildman–Crippen MR) is 122 cm³/mol. The number of aryl methyl sites for hydroxylation is 1. The summed E-state index contributed by atoms with van der Waals surface area (Å²) >= 11 is 0. The number of H-pyrrole nitrogens is 1. The molecule has 0 saturated carbocycles. The fraction of sp³-hybridized carbons (Fsp3) is 0.292. The summed E-state index contributed by atoms with van der Waals surface area (Å²) < 4.78 is 5.29. The van der Waals surface area contributed by atoms with Crippen LogP contribution in [0.15, 0.2) is 48.5 Å². The second kappa shape index (κ2) is 7.91. The van der Waals surface area contributed by atoms with Gasteiger partial charge in [-0.2, -0.15) is 0 Å². The normalized spacial score (nSPS) is 14.8. The first-order valence-electron chi connectivity index (χ1n) is 10.6. The molecule has 0 spiro atoms. The molecule has 7 heteroatoms. The Morgan fingerprint density at radius 1 is 1.00 bits per heavy atom. The van der Waals surface area contributed by atoms with E-state index in [1.165, 1.54) is 0 Å². The summed E-state index contributed by atoms with van der Waals surface area (Å²) in [5, 5.41) is 0.938. The number of hydrogen-bond donors (Lipinski definition) is 1. The quantitative estimate of drug-likeness (QED) is 0.551. The van der Waals surface area contributed by atoms with Gasteiger partial charge >= 0.3 is 0 Å². The van der Waals surface area contributed by atoms with Gasteiger partial charge in [0, 0.05) is 37.6 Å². The number of carbonyl (C=O) groups is 1. The molecule has 1 fully saturated rings. The summed E-state index contributed by atoms with van der Waals surface area (Å²) in [6.45, 7) is 4.86. The van der Waals surface area contributed by atoms with Crippen LogP contribution >= 0.6 is 0 Å². The number of ether oxygens (including phenoxy) is 1. The van der Waals surface area contributed by atoms with Gasteiger partial charge in [-0.15, -0.1) is 0 Å². The average molecular weight is 415 g/mol. The van der Waals surface area contributed by atoms with E-state index in [0.29, 0.717) is 12.1 Å². The van der Waals surface area contributed by atoms with Gasteiger partial charge in [0.05, 0.1) is 34.9 Å². The number of anilines is 1. The van der Waals surface area contributed by atoms with Crippen molar-refractivity contribution in [2.45, 2.75) is 13.3 Å². The highest BCUT2D eigenvalue weighted by Crippen LogP contribution is 2.24. The van der Waals surface area contributed by atoms with Crippen LogP contribution in [0.25, 0.3) is 21.9 Å². The third kappa shape index (κ3) is 3.67. The Labute approximate surface area is 180 Å². The Bertz CT molecular complexity index is 1230. The summed E-state index contributed by atoms with van der Waals surface area (Å²) in [6, 6.07) is 15.7. The van der Waals surface area contributed by atoms with Crippen LogP contribution in [0.1, 0.15) is 22.5 Å². The van der Waals surface area contributed by atoms with Crippen molar-refractivity contribution in [1.29, 1.82) is 0 Å². The number of aromatic amines is 1. The molecule has 0 atom stereocenters. The van der Waals surface area contributed by atoms with Gasteiger partial charge in [0.2, 0.25) is 5.95 Å². The molecule has 1 aliphatic rings. The summed E-state index contributed by atoms with van der Waals surface area (Å²) in [5.41, 5.74) is 4.23. The van der Waals surface area contributed by atoms with Gasteiger partial charge < -0.3 is 19.5 Å². The number of nitrogens with one attached hydrogen (secondary N) is 1. The third-order valence-corrected chi connectivity index (χ3v) is 5.91. The van der Waals surface area contributed by atoms with Gasteiger partial charge in [-0.05, 0) is 43.7 Å². The molecule has 4 aromatic rings. The van der Waals surface area contributed by atoms with E-state index in [1.807, 2.05) is 60.4 Å². The molecule has 0 aliphatic carbocycles. The van der Waals surface area contributed by atoms with Crippen molar-refractivity contribution >= 4 is 33.8 Å². The number of fused-ring (bicyclic) bond motifs is 2. The van der Waals surface area contributed by atoms with Gasteiger partial charge in [0.25, 0.3) is 5.91 Å². The number of rotatable bonds is 3. The first kappa shape index (κ1) is 19.4. The van der Waals surface area contributed by atoms with Crippen molar-refractivity contribution in [2.24, 2.45) is 0 Å². The number of pyridine rings is 1. The van der Waals surface area contributed by atoms with Crippen molar-refractivity contribution < 1.29 is 9.53 Å². The Morgan fingerprint density at radius 2 is 1.87 bits per heavy atom. The number of imidazole rings is 1. The van der Waals surface area contributed by atoms with Crippen LogP contribution < -0.4 is 9.64 Å². The molecule has 0 radical (unpaired) electrons. The van der Waals surface area contributed by atoms with Crippen LogP contribution in [0.5, 0.6) is 5.75 Å². The molecule has 2 aromatic carbocycles. The lowest BCUT2D eigenvalue weighted by Crippen LogP contribution is -2.35. The van der Waals surface area contributed by atoms with Crippen molar-refractivity contribution in [3.8, 4) is 5.75 Å². The molecule has 7 nitrogen and oxygen atoms in total. The van der Waals surface area contributed by atoms with E-state index in [9.17, 15) is 4.79 Å². The zero-order valence-corrected chi connectivity index (χ0v) is 17.8. The smallest absolute Gasteiger partial charge is 0.255 e. The minimum Gasteiger partial charge on any atom is -0.497 e. The van der Waals surface area contributed by atoms with Crippen molar-refractivity contribution in [1.82, 2.24) is 19.9 Å². The van der Waals surface area contributed by atoms with Gasteiger partial charge in [-0.3, -0.25) is 9.78 Å². The van der Waals surface area contributed by atoms with E-state index in [4.69, 9.17) is 9.72 Å². The fourth-order valence-electron chi connectivity index (χ4n) is 4.18. The standard InChI is InChI=1S/C24H25N5O2/c1-16-19(14-17-8-9-18(31-2)15-22(17)25-16)23(30)28-10-5-11-29(13-12-28)24-26-20-6-3-4-7-21(20)27-24/h3-4,6-9,14-15H,5,10-13H2,1-2H3,(H,26,27). The molecule has 0 bridgehead atoms. The number of nitrogens with zero attached hydrogens (tertiary/aromatic N) is 4. The Balaban J connectivity index is 1.36. The lowest BCUT2D eigenvalue weighted by molar-refractivity contribution is 0.0766. The maximum absolute atomic E-state index is 13.3. The molecule has 0 unspecified atom stereocenters. The van der Waals surface area contributed by atoms with Crippen LogP contribution in [0.2, 0.25) is 0 Å². The maximum Gasteiger partial charge on any atom is 0.255 e. The Morgan fingerprint density at radius 3 is 2.71 bits per heavy atom. The lowest BCUT2D eigenvalue weighted by atomic mass is 10.1. The summed E-state index contributed by atoms with van der Waals surface area (Å²) in [7, 11) is 1.64. The van der Waals surface area contributed by atoms with Gasteiger partial charge in [0.15, 0.2) is 0 Å². The molecule has 31 heavy (non-hydrogen) atoms. The van der Waals surface area contributed by atoms with Crippen LogP contribution in [0.4, 0.5) is 5.95 Å². The molecule has 5 rings (SSSR count). The maximum atomic E-state index is 13.3. The van der Waals surface area contributed by atoms with Gasteiger partial charge in [-0.25, -0.2) is 4.98 Å². The average Bonchev–Trinajstić information content (AvgIpc) is 3.07. The molecule has 1 N–H and O–H groups in total. The van der Waals surface area contributed by atoms with Crippen LogP contribution in [-0.2, 0) is 0 Å². The highest BCUT2D eigenvalue weighted by Gasteiger charge is 2.23. The fourth-order valence-corrected chi connectivity index (χ4v) is 4.18. The molecule has 3 heterocycles. The molecule has 2 aromatic heterocycles. The highest BCUT2D eigenvalue weighted by molar-refractivity contribution is 5.98. The number of aromatic nitrogens is 3. The largest absolute Gasteiger partial charge is 0.497 e. The zero-order valence-electron chi connectivity index (χ0n) is 17.8. The monoisotopic (exact) mass is 415 g/mol. The molecular formula is C24H25N5O2. The van der Waals surface area contributed by atoms with E-state index >= 15 is 0 Å². The second-order valence-electron chi connectivity index (χ2n) is 7.89. The first-order valence-corrected chi connectivity index (χ1v) is 10.6. The topological polar surface area (TPSA) is 74.3 Å². The van der Waals surface area contributed by atoms with E-state index in [1.54, 1.807) is 7.11 Å². The first-order chi connectivity index (χ1) is 15.1. The second-order valence-corrected chi connectivity index (χ2v) is 7.89. The summed E-state index contributed by atoms with van der Waals surface area (Å²) in [4.78, 5) is 30.3. The van der Waals surface area contributed by atoms with Gasteiger partial charge in [-0.1, -0.05) is 12.1 Å². The van der Waals surface area contributed by atoms with Crippen LogP contribution in [0, 0.1) is 6.92 Å². The Hall–Kier alpha value is -3.61. The minimum atomic E-state index is 0.0363. The number of benzene rings is 2. The van der Waals surface area contributed by atoms with Crippen molar-refractivity contribution in [2.75, 3.05) is 38.2 Å². The molecular weight excluding hydrogens is 390 g/mol. The SMILES string of the molecule is COc1ccc2cc(C(=O)N3CCCN(c4nc5ccccc5[nH]4)CC3)c(C)nc2c1. The molecule has 1 aliphatic heterocycles. The zero-order chi connectivity index (χ0) is 21.4. The highest BCUT2D eigenvalue weighted by atomic mass is 16.5. The number of hydrogen-bond acceptors (Lipinski definition) is 5. The van der Waals surface area contributed by atoms with E-state index in [0.717, 1.165) is 65.4 Å². The number of carbonyl (C=O) groups excluding carboxylic acids is 1. The van der Waals surface area contributed by atoms with Crippen LogP contribution in [-0.4, -0.2) is 59.0 Å². The molecule has 1 amide bonds. The Kier molecular flexibility index (Phi) is 4.94.